The lowest BCUT2D eigenvalue weighted by Crippen LogP contribution is -2.12. The van der Waals surface area contributed by atoms with Crippen molar-refractivity contribution in [3.63, 3.8) is 0 Å². The van der Waals surface area contributed by atoms with Crippen molar-refractivity contribution in [2.75, 3.05) is 0 Å². The van der Waals surface area contributed by atoms with E-state index >= 15 is 0 Å². The van der Waals surface area contributed by atoms with Crippen molar-refractivity contribution in [3.8, 4) is 11.8 Å². The fourth-order valence-corrected chi connectivity index (χ4v) is 1.15. The van der Waals surface area contributed by atoms with Crippen molar-refractivity contribution in [2.24, 2.45) is 5.73 Å². The Kier molecular flexibility index (Phi) is 3.02. The normalized spacial score (nSPS) is 9.75. The van der Waals surface area contributed by atoms with E-state index in [0.29, 0.717) is 11.4 Å². The van der Waals surface area contributed by atoms with Gasteiger partial charge in [0.2, 0.25) is 0 Å². The zero-order chi connectivity index (χ0) is 11.4. The van der Waals surface area contributed by atoms with Crippen LogP contribution in [-0.4, -0.2) is 19.9 Å². The fourth-order valence-electron chi connectivity index (χ4n) is 1.04. The summed E-state index contributed by atoms with van der Waals surface area (Å²) in [4.78, 5) is 12.1. The molecule has 2 heterocycles. The van der Waals surface area contributed by atoms with Gasteiger partial charge in [-0.05, 0) is 18.2 Å². The lowest BCUT2D eigenvalue weighted by atomic mass is 10.4. The summed E-state index contributed by atoms with van der Waals surface area (Å²) in [5.41, 5.74) is 5.93. The molecule has 0 aliphatic heterocycles. The number of nitrogens with two attached hydrogens (primary N) is 1. The van der Waals surface area contributed by atoms with Crippen LogP contribution in [0.25, 0.3) is 0 Å². The van der Waals surface area contributed by atoms with Gasteiger partial charge in [0.15, 0.2) is 0 Å². The Morgan fingerprint density at radius 3 is 2.88 bits per heavy atom. The standard InChI is InChI=1S/C10H8N4OS/c11-9(16)8-3-5-13-10(14-8)15-7-2-1-4-12-6-7/h1-6H,(H2,11,16). The summed E-state index contributed by atoms with van der Waals surface area (Å²) in [5, 5.41) is 0. The average Bonchev–Trinajstić information content (AvgIpc) is 2.30. The molecule has 2 N–H and O–H groups in total. The molecule has 0 unspecified atom stereocenters. The number of rotatable bonds is 3. The van der Waals surface area contributed by atoms with Crippen molar-refractivity contribution >= 4 is 17.2 Å². The van der Waals surface area contributed by atoms with E-state index in [1.165, 1.54) is 6.20 Å². The van der Waals surface area contributed by atoms with Crippen molar-refractivity contribution < 1.29 is 4.74 Å². The molecule has 0 saturated carbocycles. The zero-order valence-corrected chi connectivity index (χ0v) is 9.02. The van der Waals surface area contributed by atoms with Crippen molar-refractivity contribution in [3.05, 3.63) is 42.5 Å². The summed E-state index contributed by atoms with van der Waals surface area (Å²) in [6.07, 6.45) is 4.75. The number of aromatic nitrogens is 3. The Balaban J connectivity index is 2.22. The molecule has 16 heavy (non-hydrogen) atoms. The largest absolute Gasteiger partial charge is 0.423 e. The van der Waals surface area contributed by atoms with E-state index in [1.807, 2.05) is 0 Å². The minimum Gasteiger partial charge on any atom is -0.423 e. The van der Waals surface area contributed by atoms with Gasteiger partial charge in [-0.25, -0.2) is 4.98 Å². The highest BCUT2D eigenvalue weighted by Crippen LogP contribution is 2.15. The summed E-state index contributed by atoms with van der Waals surface area (Å²) in [6, 6.07) is 5.33. The molecule has 0 bridgehead atoms. The van der Waals surface area contributed by atoms with Gasteiger partial charge in [0.25, 0.3) is 0 Å². The maximum Gasteiger partial charge on any atom is 0.322 e. The van der Waals surface area contributed by atoms with Gasteiger partial charge in [0.05, 0.1) is 6.20 Å². The van der Waals surface area contributed by atoms with Crippen LogP contribution in [0.1, 0.15) is 5.69 Å². The Morgan fingerprint density at radius 2 is 2.19 bits per heavy atom. The van der Waals surface area contributed by atoms with Crippen LogP contribution in [-0.2, 0) is 0 Å². The number of nitrogens with zero attached hydrogens (tertiary/aromatic N) is 3. The SMILES string of the molecule is NC(=S)c1ccnc(Oc2cccnc2)n1. The van der Waals surface area contributed by atoms with Gasteiger partial charge in [0.1, 0.15) is 16.4 Å². The second-order valence-corrected chi connectivity index (χ2v) is 3.32. The molecule has 0 aliphatic carbocycles. The van der Waals surface area contributed by atoms with E-state index in [-0.39, 0.29) is 11.0 Å². The summed E-state index contributed by atoms with van der Waals surface area (Å²) in [6.45, 7) is 0. The van der Waals surface area contributed by atoms with Crippen LogP contribution in [0.4, 0.5) is 0 Å². The number of hydrogen-bond donors (Lipinski definition) is 1. The maximum absolute atomic E-state index is 5.45. The molecule has 0 amide bonds. The van der Waals surface area contributed by atoms with Gasteiger partial charge < -0.3 is 10.5 Å². The van der Waals surface area contributed by atoms with Crippen LogP contribution >= 0.6 is 12.2 Å². The van der Waals surface area contributed by atoms with Crippen molar-refractivity contribution in [2.45, 2.75) is 0 Å². The van der Waals surface area contributed by atoms with Crippen LogP contribution in [0.2, 0.25) is 0 Å². The number of thiocarbonyl (C=S) groups is 1. The summed E-state index contributed by atoms with van der Waals surface area (Å²) in [7, 11) is 0. The Labute approximate surface area is 97.3 Å². The molecule has 80 valence electrons. The zero-order valence-electron chi connectivity index (χ0n) is 8.20. The topological polar surface area (TPSA) is 73.9 Å². The molecular weight excluding hydrogens is 224 g/mol. The summed E-state index contributed by atoms with van der Waals surface area (Å²) < 4.78 is 5.37. The third-order valence-corrected chi connectivity index (χ3v) is 1.94. The highest BCUT2D eigenvalue weighted by Gasteiger charge is 2.03. The Bertz CT molecular complexity index is 503. The van der Waals surface area contributed by atoms with E-state index in [1.54, 1.807) is 30.6 Å². The first kappa shape index (κ1) is 10.4. The number of hydrogen-bond acceptors (Lipinski definition) is 5. The molecule has 0 saturated heterocycles. The van der Waals surface area contributed by atoms with E-state index in [2.05, 4.69) is 15.0 Å². The van der Waals surface area contributed by atoms with E-state index in [4.69, 9.17) is 22.7 Å². The molecule has 0 fully saturated rings. The molecule has 2 rings (SSSR count). The minimum atomic E-state index is 0.193. The molecule has 0 aromatic carbocycles. The van der Waals surface area contributed by atoms with Gasteiger partial charge in [-0.1, -0.05) is 12.2 Å². The summed E-state index contributed by atoms with van der Waals surface area (Å²) in [5.74, 6) is 0.558. The third-order valence-electron chi connectivity index (χ3n) is 1.73. The monoisotopic (exact) mass is 232 g/mol. The van der Waals surface area contributed by atoms with Gasteiger partial charge in [-0.15, -0.1) is 0 Å². The predicted molar refractivity (Wildman–Crippen MR) is 62.2 cm³/mol. The molecule has 2 aromatic rings. The molecular formula is C10H8N4OS. The molecule has 0 spiro atoms. The third kappa shape index (κ3) is 2.48. The maximum atomic E-state index is 5.45. The van der Waals surface area contributed by atoms with E-state index in [9.17, 15) is 0 Å². The smallest absolute Gasteiger partial charge is 0.322 e. The van der Waals surface area contributed by atoms with Crippen molar-refractivity contribution in [1.29, 1.82) is 0 Å². The first-order chi connectivity index (χ1) is 7.75. The van der Waals surface area contributed by atoms with Crippen LogP contribution in [0.15, 0.2) is 36.8 Å². The number of pyridine rings is 1. The quantitative estimate of drug-likeness (QED) is 0.804. The molecule has 5 nitrogen and oxygen atoms in total. The minimum absolute atomic E-state index is 0.193. The van der Waals surface area contributed by atoms with Gasteiger partial charge in [-0.2, -0.15) is 4.98 Å². The average molecular weight is 232 g/mol. The number of ether oxygens (including phenoxy) is 1. The van der Waals surface area contributed by atoms with Crippen LogP contribution in [0.3, 0.4) is 0 Å². The van der Waals surface area contributed by atoms with E-state index in [0.717, 1.165) is 0 Å². The highest BCUT2D eigenvalue weighted by atomic mass is 32.1. The van der Waals surface area contributed by atoms with Gasteiger partial charge in [0, 0.05) is 12.4 Å². The van der Waals surface area contributed by atoms with Crippen LogP contribution in [0, 0.1) is 0 Å². The Morgan fingerprint density at radius 1 is 1.31 bits per heavy atom. The lowest BCUT2D eigenvalue weighted by molar-refractivity contribution is 0.439. The van der Waals surface area contributed by atoms with Crippen LogP contribution in [0.5, 0.6) is 11.8 Å². The predicted octanol–water partition coefficient (Wildman–Crippen LogP) is 1.30. The second kappa shape index (κ2) is 4.63. The molecule has 0 atom stereocenters. The first-order valence-corrected chi connectivity index (χ1v) is 4.87. The molecule has 0 radical (unpaired) electrons. The van der Waals surface area contributed by atoms with Gasteiger partial charge in [-0.3, -0.25) is 4.98 Å². The first-order valence-electron chi connectivity index (χ1n) is 4.46. The fraction of sp³-hybridized carbons (Fsp3) is 0. The Hall–Kier alpha value is -2.08. The second-order valence-electron chi connectivity index (χ2n) is 2.88. The summed E-state index contributed by atoms with van der Waals surface area (Å²) >= 11 is 4.81. The van der Waals surface area contributed by atoms with Crippen molar-refractivity contribution in [1.82, 2.24) is 15.0 Å². The van der Waals surface area contributed by atoms with Gasteiger partial charge >= 0.3 is 6.01 Å². The lowest BCUT2D eigenvalue weighted by Gasteiger charge is -2.03. The van der Waals surface area contributed by atoms with E-state index < -0.39 is 0 Å². The molecule has 2 aromatic heterocycles. The van der Waals surface area contributed by atoms with Crippen LogP contribution < -0.4 is 10.5 Å². The molecule has 0 aliphatic rings. The molecule has 6 heteroatoms. The highest BCUT2D eigenvalue weighted by molar-refractivity contribution is 7.80.